The van der Waals surface area contributed by atoms with Crippen molar-refractivity contribution in [1.29, 1.82) is 0 Å². The Kier molecular flexibility index (Phi) is 26.0. The number of ether oxygens (including phenoxy) is 1. The molecule has 4 nitrogen and oxygen atoms in total. The summed E-state index contributed by atoms with van der Waals surface area (Å²) in [4.78, 5) is 14.8. The number of nitrogens with one attached hydrogen (secondary N) is 1. The molecule has 0 aromatic rings. The number of carbonyl (C=O) groups is 1. The molecule has 1 saturated heterocycles. The van der Waals surface area contributed by atoms with Crippen molar-refractivity contribution in [2.45, 2.75) is 168 Å². The van der Waals surface area contributed by atoms with Gasteiger partial charge < -0.3 is 15.0 Å². The molecule has 0 atom stereocenters. The fourth-order valence-corrected chi connectivity index (χ4v) is 5.79. The van der Waals surface area contributed by atoms with Crippen LogP contribution in [0.15, 0.2) is 0 Å². The molecule has 1 heterocycles. The summed E-state index contributed by atoms with van der Waals surface area (Å²) >= 11 is 0. The molecule has 1 aliphatic heterocycles. The third-order valence-electron chi connectivity index (χ3n) is 8.51. The van der Waals surface area contributed by atoms with Crippen molar-refractivity contribution in [3.05, 3.63) is 0 Å². The van der Waals surface area contributed by atoms with E-state index in [-0.39, 0.29) is 5.97 Å². The monoisotopic (exact) mass is 537 g/mol. The highest BCUT2D eigenvalue weighted by molar-refractivity contribution is 5.69. The summed E-state index contributed by atoms with van der Waals surface area (Å²) in [5, 5.41) is 3.51. The second-order valence-corrected chi connectivity index (χ2v) is 12.2. The van der Waals surface area contributed by atoms with E-state index < -0.39 is 0 Å². The van der Waals surface area contributed by atoms with Crippen LogP contribution >= 0.6 is 0 Å². The Morgan fingerprint density at radius 2 is 1.11 bits per heavy atom. The predicted molar refractivity (Wildman–Crippen MR) is 166 cm³/mol. The first-order valence-electron chi connectivity index (χ1n) is 17.3. The zero-order chi connectivity index (χ0) is 27.4. The van der Waals surface area contributed by atoms with Gasteiger partial charge in [-0.15, -0.1) is 0 Å². The Morgan fingerprint density at radius 3 is 1.66 bits per heavy atom. The summed E-state index contributed by atoms with van der Waals surface area (Å²) in [6.07, 6.45) is 31.1. The summed E-state index contributed by atoms with van der Waals surface area (Å²) in [5.74, 6) is 0.928. The molecular formula is C34H68N2O2. The fourth-order valence-electron chi connectivity index (χ4n) is 5.79. The number of hydrogen-bond acceptors (Lipinski definition) is 4. The Labute approximate surface area is 238 Å². The number of piperidine rings is 1. The first-order valence-corrected chi connectivity index (χ1v) is 17.3. The molecule has 1 aliphatic rings. The second-order valence-electron chi connectivity index (χ2n) is 12.2. The van der Waals surface area contributed by atoms with Crippen molar-refractivity contribution in [1.82, 2.24) is 10.2 Å². The van der Waals surface area contributed by atoms with Crippen LogP contribution in [0.5, 0.6) is 0 Å². The molecule has 1 rings (SSSR count). The average Bonchev–Trinajstić information content (AvgIpc) is 2.94. The maximum atomic E-state index is 12.0. The Balaban J connectivity index is 2.10. The maximum absolute atomic E-state index is 12.0. The normalized spacial score (nSPS) is 14.4. The number of esters is 1. The minimum atomic E-state index is 0.0137. The van der Waals surface area contributed by atoms with Crippen LogP contribution in [-0.2, 0) is 9.53 Å². The smallest absolute Gasteiger partial charge is 0.305 e. The SMILES string of the molecule is CCCCCCCCCCCCCCN(CCCCCC(=O)OCCCCCCC)CCC1CCNCC1. The molecule has 1 N–H and O–H groups in total. The standard InChI is InChI=1S/C34H68N2O2/c1-3-5-7-9-10-11-12-13-14-15-16-20-29-36(31-26-33-24-27-35-28-25-33)30-21-18-19-23-34(37)38-32-22-17-8-6-4-2/h33,35H,3-32H2,1-2H3. The van der Waals surface area contributed by atoms with Gasteiger partial charge in [-0.1, -0.05) is 117 Å². The van der Waals surface area contributed by atoms with Crippen LogP contribution in [0.1, 0.15) is 168 Å². The predicted octanol–water partition coefficient (Wildman–Crippen LogP) is 9.45. The number of rotatable bonds is 28. The molecule has 38 heavy (non-hydrogen) atoms. The minimum absolute atomic E-state index is 0.0137. The van der Waals surface area contributed by atoms with Crippen molar-refractivity contribution < 1.29 is 9.53 Å². The lowest BCUT2D eigenvalue weighted by Crippen LogP contribution is -2.32. The molecule has 0 saturated carbocycles. The van der Waals surface area contributed by atoms with Gasteiger partial charge in [-0.3, -0.25) is 4.79 Å². The molecule has 0 radical (unpaired) electrons. The fraction of sp³-hybridized carbons (Fsp3) is 0.971. The number of unbranched alkanes of at least 4 members (excludes halogenated alkanes) is 17. The highest BCUT2D eigenvalue weighted by Gasteiger charge is 2.15. The molecule has 0 spiro atoms. The summed E-state index contributed by atoms with van der Waals surface area (Å²) in [6.45, 7) is 11.3. The molecule has 0 bridgehead atoms. The topological polar surface area (TPSA) is 41.6 Å². The molecule has 1 fully saturated rings. The van der Waals surface area contributed by atoms with Crippen molar-refractivity contribution in [3.8, 4) is 0 Å². The lowest BCUT2D eigenvalue weighted by molar-refractivity contribution is -0.143. The Bertz CT molecular complexity index is 493. The van der Waals surface area contributed by atoms with E-state index in [1.54, 1.807) is 0 Å². The van der Waals surface area contributed by atoms with Crippen LogP contribution in [0.2, 0.25) is 0 Å². The zero-order valence-electron chi connectivity index (χ0n) is 26.1. The van der Waals surface area contributed by atoms with E-state index in [1.165, 1.54) is 161 Å². The van der Waals surface area contributed by atoms with E-state index in [4.69, 9.17) is 4.74 Å². The van der Waals surface area contributed by atoms with E-state index in [0.717, 1.165) is 25.2 Å². The molecular weight excluding hydrogens is 468 g/mol. The molecule has 0 aliphatic carbocycles. The van der Waals surface area contributed by atoms with Crippen LogP contribution in [0.25, 0.3) is 0 Å². The van der Waals surface area contributed by atoms with Gasteiger partial charge in [0.05, 0.1) is 6.61 Å². The lowest BCUT2D eigenvalue weighted by atomic mass is 9.94. The van der Waals surface area contributed by atoms with Gasteiger partial charge in [0.2, 0.25) is 0 Å². The first kappa shape index (κ1) is 35.4. The quantitative estimate of drug-likeness (QED) is 0.0798. The zero-order valence-corrected chi connectivity index (χ0v) is 26.1. The van der Waals surface area contributed by atoms with Gasteiger partial charge >= 0.3 is 5.97 Å². The van der Waals surface area contributed by atoms with E-state index >= 15 is 0 Å². The van der Waals surface area contributed by atoms with Crippen molar-refractivity contribution in [3.63, 3.8) is 0 Å². The Hall–Kier alpha value is -0.610. The van der Waals surface area contributed by atoms with Gasteiger partial charge in [0.15, 0.2) is 0 Å². The van der Waals surface area contributed by atoms with Crippen molar-refractivity contribution in [2.75, 3.05) is 39.3 Å². The highest BCUT2D eigenvalue weighted by atomic mass is 16.5. The van der Waals surface area contributed by atoms with Crippen LogP contribution in [0.3, 0.4) is 0 Å². The molecule has 0 amide bonds. The lowest BCUT2D eigenvalue weighted by Gasteiger charge is -2.27. The maximum Gasteiger partial charge on any atom is 0.305 e. The van der Waals surface area contributed by atoms with Gasteiger partial charge in [0.1, 0.15) is 0 Å². The van der Waals surface area contributed by atoms with E-state index in [2.05, 4.69) is 24.1 Å². The summed E-state index contributed by atoms with van der Waals surface area (Å²) < 4.78 is 5.43. The van der Waals surface area contributed by atoms with Crippen molar-refractivity contribution in [2.24, 2.45) is 5.92 Å². The molecule has 226 valence electrons. The van der Waals surface area contributed by atoms with E-state index in [0.29, 0.717) is 13.0 Å². The summed E-state index contributed by atoms with van der Waals surface area (Å²) in [6, 6.07) is 0. The summed E-state index contributed by atoms with van der Waals surface area (Å²) in [7, 11) is 0. The largest absolute Gasteiger partial charge is 0.466 e. The highest BCUT2D eigenvalue weighted by Crippen LogP contribution is 2.18. The van der Waals surface area contributed by atoms with E-state index in [1.807, 2.05) is 0 Å². The van der Waals surface area contributed by atoms with Crippen LogP contribution in [0.4, 0.5) is 0 Å². The second kappa shape index (κ2) is 27.9. The van der Waals surface area contributed by atoms with E-state index in [9.17, 15) is 4.79 Å². The number of nitrogens with zero attached hydrogens (tertiary/aromatic N) is 1. The van der Waals surface area contributed by atoms with Gasteiger partial charge in [0.25, 0.3) is 0 Å². The third kappa shape index (κ3) is 23.3. The van der Waals surface area contributed by atoms with Gasteiger partial charge in [-0.2, -0.15) is 0 Å². The molecule has 0 unspecified atom stereocenters. The molecule has 4 heteroatoms. The van der Waals surface area contributed by atoms with Crippen LogP contribution in [0, 0.1) is 5.92 Å². The Morgan fingerprint density at radius 1 is 0.632 bits per heavy atom. The van der Waals surface area contributed by atoms with Gasteiger partial charge in [-0.05, 0) is 83.6 Å². The third-order valence-corrected chi connectivity index (χ3v) is 8.51. The van der Waals surface area contributed by atoms with Crippen molar-refractivity contribution >= 4 is 5.97 Å². The van der Waals surface area contributed by atoms with Gasteiger partial charge in [-0.25, -0.2) is 0 Å². The number of hydrogen-bond donors (Lipinski definition) is 1. The molecule has 0 aromatic carbocycles. The minimum Gasteiger partial charge on any atom is -0.466 e. The average molecular weight is 537 g/mol. The van der Waals surface area contributed by atoms with Crippen LogP contribution < -0.4 is 5.32 Å². The molecule has 0 aromatic heterocycles. The van der Waals surface area contributed by atoms with Gasteiger partial charge in [0, 0.05) is 6.42 Å². The first-order chi connectivity index (χ1) is 18.8. The summed E-state index contributed by atoms with van der Waals surface area (Å²) in [5.41, 5.74) is 0. The number of carbonyl (C=O) groups excluding carboxylic acids is 1. The van der Waals surface area contributed by atoms with Crippen LogP contribution in [-0.4, -0.2) is 50.2 Å².